The molecule has 2 heterocycles. The van der Waals surface area contributed by atoms with E-state index in [4.69, 9.17) is 22.5 Å². The molecule has 1 aromatic carbocycles. The molecule has 11 heteroatoms. The lowest BCUT2D eigenvalue weighted by atomic mass is 10.1. The van der Waals surface area contributed by atoms with E-state index in [9.17, 15) is 22.8 Å². The van der Waals surface area contributed by atoms with Gasteiger partial charge < -0.3 is 5.73 Å². The fourth-order valence-electron chi connectivity index (χ4n) is 2.43. The largest absolute Gasteiger partial charge is 0.384 e. The first kappa shape index (κ1) is 16.2. The zero-order valence-electron chi connectivity index (χ0n) is 11.7. The van der Waals surface area contributed by atoms with Gasteiger partial charge in [0.05, 0.1) is 16.8 Å². The highest BCUT2D eigenvalue weighted by Gasteiger charge is 2.32. The Morgan fingerprint density at radius 3 is 2.38 bits per heavy atom. The van der Waals surface area contributed by atoms with Crippen molar-refractivity contribution in [3.05, 3.63) is 50.8 Å². The van der Waals surface area contributed by atoms with E-state index in [2.05, 4.69) is 0 Å². The molecule has 0 unspecified atom stereocenters. The number of rotatable bonds is 2. The van der Waals surface area contributed by atoms with Crippen LogP contribution in [0, 0.1) is 0 Å². The number of fused-ring (bicyclic) bond motifs is 1. The van der Waals surface area contributed by atoms with Gasteiger partial charge in [0.25, 0.3) is 17.4 Å². The second kappa shape index (κ2) is 5.16. The summed E-state index contributed by atoms with van der Waals surface area (Å²) >= 11 is 5.78. The van der Waals surface area contributed by atoms with E-state index < -0.39 is 32.3 Å². The Morgan fingerprint density at radius 2 is 1.75 bits per heavy atom. The molecular weight excluding hydrogens is 360 g/mol. The van der Waals surface area contributed by atoms with E-state index in [1.165, 1.54) is 12.1 Å². The number of nitrogens with zero attached hydrogens (tertiary/aromatic N) is 1. The Morgan fingerprint density at radius 1 is 1.08 bits per heavy atom. The number of sulfonamides is 1. The summed E-state index contributed by atoms with van der Waals surface area (Å²) in [5.74, 6) is -1.92. The summed E-state index contributed by atoms with van der Waals surface area (Å²) in [6, 6.07) is 4.50. The number of carbonyl (C=O) groups excluding carboxylic acids is 2. The number of primary sulfonamides is 1. The summed E-state index contributed by atoms with van der Waals surface area (Å²) in [5.41, 5.74) is 4.48. The molecule has 0 saturated carbocycles. The highest BCUT2D eigenvalue weighted by Crippen LogP contribution is 2.27. The number of halogens is 1. The molecule has 9 nitrogen and oxygen atoms in total. The molecule has 2 amide bonds. The van der Waals surface area contributed by atoms with Gasteiger partial charge in [-0.1, -0.05) is 11.6 Å². The zero-order chi connectivity index (χ0) is 17.8. The highest BCUT2D eigenvalue weighted by atomic mass is 35.5. The molecule has 1 aromatic heterocycles. The standard InChI is InChI=1S/C13H9ClN4O5S/c14-5-1-2-7(8(3-5)24(16,22)23)18-9(19)4-6-10(11(18)15)13(21)17-12(6)20/h1-4H,15H2,(H2,16,22,23)(H,17,20,21). The normalized spacial score (nSPS) is 13.8. The number of benzene rings is 1. The number of nitrogens with two attached hydrogens (primary N) is 2. The van der Waals surface area contributed by atoms with Crippen LogP contribution in [0.3, 0.4) is 0 Å². The average Bonchev–Trinajstić information content (AvgIpc) is 2.74. The van der Waals surface area contributed by atoms with Crippen molar-refractivity contribution in [1.82, 2.24) is 9.88 Å². The summed E-state index contributed by atoms with van der Waals surface area (Å²) < 4.78 is 24.3. The maximum absolute atomic E-state index is 12.3. The molecule has 5 N–H and O–H groups in total. The first-order valence-corrected chi connectivity index (χ1v) is 8.27. The Bertz CT molecular complexity index is 1090. The zero-order valence-corrected chi connectivity index (χ0v) is 13.3. The second-order valence-corrected chi connectivity index (χ2v) is 6.90. The van der Waals surface area contributed by atoms with Gasteiger partial charge in [0.15, 0.2) is 0 Å². The van der Waals surface area contributed by atoms with Gasteiger partial charge in [-0.15, -0.1) is 0 Å². The summed E-state index contributed by atoms with van der Waals surface area (Å²) in [4.78, 5) is 35.4. The molecule has 2 aromatic rings. The summed E-state index contributed by atoms with van der Waals surface area (Å²) in [6.45, 7) is 0. The van der Waals surface area contributed by atoms with Gasteiger partial charge in [0.2, 0.25) is 10.0 Å². The molecule has 124 valence electrons. The molecule has 0 fully saturated rings. The van der Waals surface area contributed by atoms with Crippen LogP contribution < -0.4 is 21.7 Å². The monoisotopic (exact) mass is 368 g/mol. The number of aromatic nitrogens is 1. The van der Waals surface area contributed by atoms with Gasteiger partial charge in [-0.3, -0.25) is 24.3 Å². The molecule has 1 aliphatic heterocycles. The number of amides is 2. The minimum atomic E-state index is -4.24. The number of anilines is 1. The Labute approximate surface area is 139 Å². The minimum absolute atomic E-state index is 0.0727. The molecule has 0 atom stereocenters. The van der Waals surface area contributed by atoms with E-state index in [-0.39, 0.29) is 27.7 Å². The molecule has 24 heavy (non-hydrogen) atoms. The number of hydrogen-bond acceptors (Lipinski definition) is 6. The third-order valence-electron chi connectivity index (χ3n) is 3.42. The number of pyridine rings is 1. The van der Waals surface area contributed by atoms with E-state index in [1.807, 2.05) is 5.32 Å². The molecule has 1 aliphatic rings. The quantitative estimate of drug-likeness (QED) is 0.613. The summed E-state index contributed by atoms with van der Waals surface area (Å²) in [5, 5.41) is 7.23. The lowest BCUT2D eigenvalue weighted by molar-refractivity contribution is 0.0880. The van der Waals surface area contributed by atoms with Crippen LogP contribution >= 0.6 is 11.6 Å². The number of carbonyl (C=O) groups is 2. The van der Waals surface area contributed by atoms with Crippen LogP contribution in [0.25, 0.3) is 5.69 Å². The van der Waals surface area contributed by atoms with Crippen molar-refractivity contribution in [2.75, 3.05) is 5.73 Å². The molecular formula is C13H9ClN4O5S. The Kier molecular flexibility index (Phi) is 3.48. The van der Waals surface area contributed by atoms with Crippen molar-refractivity contribution in [3.63, 3.8) is 0 Å². The molecule has 0 aliphatic carbocycles. The topological polar surface area (TPSA) is 154 Å². The van der Waals surface area contributed by atoms with Gasteiger partial charge in [-0.05, 0) is 18.2 Å². The fraction of sp³-hybridized carbons (Fsp3) is 0. The second-order valence-electron chi connectivity index (χ2n) is 4.93. The van der Waals surface area contributed by atoms with Crippen LogP contribution in [0.15, 0.2) is 34.0 Å². The summed E-state index contributed by atoms with van der Waals surface area (Å²) in [7, 11) is -4.24. The van der Waals surface area contributed by atoms with Crippen LogP contribution in [-0.4, -0.2) is 24.8 Å². The van der Waals surface area contributed by atoms with E-state index in [1.54, 1.807) is 0 Å². The van der Waals surface area contributed by atoms with Crippen LogP contribution in [0.1, 0.15) is 20.7 Å². The number of nitrogen functional groups attached to an aromatic ring is 1. The van der Waals surface area contributed by atoms with Gasteiger partial charge in [-0.2, -0.15) is 0 Å². The lowest BCUT2D eigenvalue weighted by Gasteiger charge is -2.15. The van der Waals surface area contributed by atoms with Crippen LogP contribution in [-0.2, 0) is 10.0 Å². The highest BCUT2D eigenvalue weighted by molar-refractivity contribution is 7.89. The number of nitrogens with one attached hydrogen (secondary N) is 1. The van der Waals surface area contributed by atoms with Crippen LogP contribution in [0.2, 0.25) is 5.02 Å². The third-order valence-corrected chi connectivity index (χ3v) is 4.60. The van der Waals surface area contributed by atoms with Gasteiger partial charge >= 0.3 is 0 Å². The average molecular weight is 369 g/mol. The Hall–Kier alpha value is -2.69. The van der Waals surface area contributed by atoms with Crippen molar-refractivity contribution >= 4 is 39.3 Å². The van der Waals surface area contributed by atoms with Crippen LogP contribution in [0.5, 0.6) is 0 Å². The molecule has 0 bridgehead atoms. The molecule has 0 radical (unpaired) electrons. The van der Waals surface area contributed by atoms with E-state index in [0.29, 0.717) is 0 Å². The van der Waals surface area contributed by atoms with Crippen molar-refractivity contribution in [1.29, 1.82) is 0 Å². The number of hydrogen-bond donors (Lipinski definition) is 3. The fourth-order valence-corrected chi connectivity index (χ4v) is 3.41. The maximum Gasteiger partial charge on any atom is 0.262 e. The first-order chi connectivity index (χ1) is 11.1. The third kappa shape index (κ3) is 2.37. The summed E-state index contributed by atoms with van der Waals surface area (Å²) in [6.07, 6.45) is 0. The predicted octanol–water partition coefficient (Wildman–Crippen LogP) is -0.396. The molecule has 0 saturated heterocycles. The minimum Gasteiger partial charge on any atom is -0.384 e. The van der Waals surface area contributed by atoms with Crippen LogP contribution in [0.4, 0.5) is 5.82 Å². The smallest absolute Gasteiger partial charge is 0.262 e. The lowest BCUT2D eigenvalue weighted by Crippen LogP contribution is -2.26. The van der Waals surface area contributed by atoms with Gasteiger partial charge in [0, 0.05) is 11.1 Å². The number of imide groups is 1. The van der Waals surface area contributed by atoms with Crippen molar-refractivity contribution in [3.8, 4) is 5.69 Å². The van der Waals surface area contributed by atoms with Crippen molar-refractivity contribution in [2.45, 2.75) is 4.90 Å². The van der Waals surface area contributed by atoms with Crippen molar-refractivity contribution in [2.24, 2.45) is 5.14 Å². The SMILES string of the molecule is Nc1c2c(cc(=O)n1-c1ccc(Cl)cc1S(N)(=O)=O)C(=O)NC2=O. The van der Waals surface area contributed by atoms with E-state index >= 15 is 0 Å². The first-order valence-electron chi connectivity index (χ1n) is 6.35. The molecule has 0 spiro atoms. The predicted molar refractivity (Wildman–Crippen MR) is 84.6 cm³/mol. The molecule has 3 rings (SSSR count). The van der Waals surface area contributed by atoms with Gasteiger partial charge in [0.1, 0.15) is 10.7 Å². The van der Waals surface area contributed by atoms with Gasteiger partial charge in [-0.25, -0.2) is 13.6 Å². The Balaban J connectivity index is 2.43. The van der Waals surface area contributed by atoms with Crippen molar-refractivity contribution < 1.29 is 18.0 Å². The van der Waals surface area contributed by atoms with E-state index in [0.717, 1.165) is 16.7 Å². The maximum atomic E-state index is 12.3.